The van der Waals surface area contributed by atoms with Crippen LogP contribution in [0.2, 0.25) is 0 Å². The average Bonchev–Trinajstić information content (AvgIpc) is 3.07. The molecular weight excluding hydrogens is 385 g/mol. The van der Waals surface area contributed by atoms with E-state index in [1.54, 1.807) is 0 Å². The number of nitrogens with two attached hydrogens (primary N) is 1. The van der Waals surface area contributed by atoms with Gasteiger partial charge < -0.3 is 15.4 Å². The molecule has 2 aliphatic heterocycles. The molecule has 2 N–H and O–H groups in total. The van der Waals surface area contributed by atoms with Gasteiger partial charge in [0.1, 0.15) is 0 Å². The van der Waals surface area contributed by atoms with Crippen LogP contribution in [-0.4, -0.2) is 60.6 Å². The Balaban J connectivity index is 0.00000182. The first-order valence-corrected chi connectivity index (χ1v) is 9.53. The van der Waals surface area contributed by atoms with Crippen molar-refractivity contribution in [1.29, 1.82) is 0 Å². The number of likely N-dealkylation sites (tertiary alicyclic amines) is 1. The quantitative estimate of drug-likeness (QED) is 0.772. The number of carbonyl (C=O) groups excluding carboxylic acids is 1. The van der Waals surface area contributed by atoms with Gasteiger partial charge in [-0.15, -0.1) is 24.8 Å². The van der Waals surface area contributed by atoms with Crippen LogP contribution in [0.5, 0.6) is 0 Å². The average molecular weight is 418 g/mol. The van der Waals surface area contributed by atoms with Crippen LogP contribution in [0.1, 0.15) is 31.7 Å². The van der Waals surface area contributed by atoms with Gasteiger partial charge in [-0.1, -0.05) is 30.3 Å². The summed E-state index contributed by atoms with van der Waals surface area (Å²) in [6.07, 6.45) is 2.41. The van der Waals surface area contributed by atoms with E-state index in [2.05, 4.69) is 42.2 Å². The van der Waals surface area contributed by atoms with Gasteiger partial charge in [0.25, 0.3) is 0 Å². The summed E-state index contributed by atoms with van der Waals surface area (Å²) in [4.78, 5) is 17.4. The van der Waals surface area contributed by atoms with Gasteiger partial charge in [-0.05, 0) is 44.2 Å². The number of hydrogen-bond acceptors (Lipinski definition) is 4. The Morgan fingerprint density at radius 3 is 2.56 bits per heavy atom. The summed E-state index contributed by atoms with van der Waals surface area (Å²) in [5, 5.41) is 0. The minimum Gasteiger partial charge on any atom is -0.381 e. The Kier molecular flexibility index (Phi) is 10.1. The van der Waals surface area contributed by atoms with Crippen LogP contribution in [-0.2, 0) is 16.1 Å². The number of likely N-dealkylation sites (N-methyl/N-ethyl adjacent to an activating group) is 1. The van der Waals surface area contributed by atoms with Crippen LogP contribution in [0.4, 0.5) is 0 Å². The molecule has 0 radical (unpaired) electrons. The van der Waals surface area contributed by atoms with Crippen molar-refractivity contribution < 1.29 is 9.53 Å². The fourth-order valence-electron chi connectivity index (χ4n) is 3.98. The summed E-state index contributed by atoms with van der Waals surface area (Å²) in [5.41, 5.74) is 7.03. The highest BCUT2D eigenvalue weighted by atomic mass is 35.5. The van der Waals surface area contributed by atoms with Crippen molar-refractivity contribution >= 4 is 30.7 Å². The maximum absolute atomic E-state index is 12.9. The Morgan fingerprint density at radius 1 is 1.26 bits per heavy atom. The van der Waals surface area contributed by atoms with Crippen molar-refractivity contribution in [1.82, 2.24) is 9.80 Å². The van der Waals surface area contributed by atoms with E-state index in [-0.39, 0.29) is 30.7 Å². The third-order valence-corrected chi connectivity index (χ3v) is 5.58. The van der Waals surface area contributed by atoms with E-state index >= 15 is 0 Å². The second-order valence-electron chi connectivity index (χ2n) is 7.49. The summed E-state index contributed by atoms with van der Waals surface area (Å²) in [7, 11) is 0. The minimum absolute atomic E-state index is 0. The second-order valence-corrected chi connectivity index (χ2v) is 7.49. The van der Waals surface area contributed by atoms with Crippen molar-refractivity contribution in [3.63, 3.8) is 0 Å². The zero-order valence-corrected chi connectivity index (χ0v) is 17.8. The number of amides is 1. The van der Waals surface area contributed by atoms with E-state index in [4.69, 9.17) is 10.5 Å². The third-order valence-electron chi connectivity index (χ3n) is 5.58. The standard InChI is InChI=1S/C20H31N3O2.2ClH/c1-2-23(19(24)20(21)9-12-25-13-10-20)16-18-8-11-22(15-18)14-17-6-4-3-5-7-17;;/h3-7,18H,2,8-16,21H2,1H3;2*1H. The number of rotatable bonds is 6. The molecule has 0 bridgehead atoms. The van der Waals surface area contributed by atoms with E-state index < -0.39 is 5.54 Å². The highest BCUT2D eigenvalue weighted by molar-refractivity contribution is 5.86. The Morgan fingerprint density at radius 2 is 1.93 bits per heavy atom. The monoisotopic (exact) mass is 417 g/mol. The summed E-state index contributed by atoms with van der Waals surface area (Å²) in [6, 6.07) is 10.6. The highest BCUT2D eigenvalue weighted by Crippen LogP contribution is 2.24. The number of carbonyl (C=O) groups is 1. The fraction of sp³-hybridized carbons (Fsp3) is 0.650. The lowest BCUT2D eigenvalue weighted by molar-refractivity contribution is -0.141. The molecule has 0 aromatic heterocycles. The van der Waals surface area contributed by atoms with Gasteiger partial charge in [0.15, 0.2) is 0 Å². The van der Waals surface area contributed by atoms with Crippen LogP contribution in [0.15, 0.2) is 30.3 Å². The van der Waals surface area contributed by atoms with E-state index in [0.717, 1.165) is 39.1 Å². The number of benzene rings is 1. The van der Waals surface area contributed by atoms with Gasteiger partial charge >= 0.3 is 0 Å². The van der Waals surface area contributed by atoms with E-state index in [1.165, 1.54) is 5.56 Å². The van der Waals surface area contributed by atoms with Crippen molar-refractivity contribution in [2.45, 2.75) is 38.3 Å². The van der Waals surface area contributed by atoms with E-state index in [0.29, 0.717) is 32.0 Å². The first-order chi connectivity index (χ1) is 12.1. The maximum Gasteiger partial charge on any atom is 0.242 e. The highest BCUT2D eigenvalue weighted by Gasteiger charge is 2.39. The Bertz CT molecular complexity index is 568. The predicted octanol–water partition coefficient (Wildman–Crippen LogP) is 2.71. The van der Waals surface area contributed by atoms with Gasteiger partial charge in [0.2, 0.25) is 5.91 Å². The molecule has 1 unspecified atom stereocenters. The summed E-state index contributed by atoms with van der Waals surface area (Å²) >= 11 is 0. The number of ether oxygens (including phenoxy) is 1. The zero-order valence-electron chi connectivity index (χ0n) is 16.1. The van der Waals surface area contributed by atoms with Crippen LogP contribution in [0, 0.1) is 5.92 Å². The summed E-state index contributed by atoms with van der Waals surface area (Å²) < 4.78 is 5.38. The molecule has 1 atom stereocenters. The van der Waals surface area contributed by atoms with Gasteiger partial charge in [-0.3, -0.25) is 9.69 Å². The van der Waals surface area contributed by atoms with Crippen molar-refractivity contribution in [2.75, 3.05) is 39.4 Å². The Labute approximate surface area is 175 Å². The predicted molar refractivity (Wildman–Crippen MR) is 114 cm³/mol. The molecule has 0 saturated carbocycles. The summed E-state index contributed by atoms with van der Waals surface area (Å²) in [6.45, 7) is 7.94. The molecular formula is C20H33Cl2N3O2. The normalized spacial score (nSPS) is 21.8. The van der Waals surface area contributed by atoms with Gasteiger partial charge in [0, 0.05) is 39.4 Å². The van der Waals surface area contributed by atoms with Gasteiger partial charge in [0.05, 0.1) is 5.54 Å². The lowest BCUT2D eigenvalue weighted by Gasteiger charge is -2.37. The lowest BCUT2D eigenvalue weighted by atomic mass is 9.89. The van der Waals surface area contributed by atoms with Gasteiger partial charge in [-0.25, -0.2) is 0 Å². The first kappa shape index (κ1) is 24.2. The largest absolute Gasteiger partial charge is 0.381 e. The molecule has 2 saturated heterocycles. The molecule has 0 aliphatic carbocycles. The fourth-order valence-corrected chi connectivity index (χ4v) is 3.98. The van der Waals surface area contributed by atoms with Crippen molar-refractivity contribution in [3.05, 3.63) is 35.9 Å². The van der Waals surface area contributed by atoms with E-state index in [9.17, 15) is 4.79 Å². The SMILES string of the molecule is CCN(CC1CCN(Cc2ccccc2)C1)C(=O)C1(N)CCOCC1.Cl.Cl. The molecule has 2 aliphatic rings. The molecule has 2 fully saturated rings. The van der Waals surface area contributed by atoms with Crippen LogP contribution in [0.3, 0.4) is 0 Å². The van der Waals surface area contributed by atoms with Crippen LogP contribution in [0.25, 0.3) is 0 Å². The van der Waals surface area contributed by atoms with Crippen LogP contribution >= 0.6 is 24.8 Å². The Hall–Kier alpha value is -0.850. The molecule has 1 amide bonds. The maximum atomic E-state index is 12.9. The number of halogens is 2. The lowest BCUT2D eigenvalue weighted by Crippen LogP contribution is -2.58. The van der Waals surface area contributed by atoms with E-state index in [1.807, 2.05) is 4.90 Å². The van der Waals surface area contributed by atoms with Gasteiger partial charge in [-0.2, -0.15) is 0 Å². The number of nitrogens with zero attached hydrogens (tertiary/aromatic N) is 2. The molecule has 7 heteroatoms. The van der Waals surface area contributed by atoms with Crippen molar-refractivity contribution in [2.24, 2.45) is 11.7 Å². The molecule has 5 nitrogen and oxygen atoms in total. The molecule has 3 rings (SSSR count). The molecule has 0 spiro atoms. The number of hydrogen-bond donors (Lipinski definition) is 1. The van der Waals surface area contributed by atoms with Crippen LogP contribution < -0.4 is 5.73 Å². The minimum atomic E-state index is -0.726. The molecule has 2 heterocycles. The molecule has 1 aromatic carbocycles. The first-order valence-electron chi connectivity index (χ1n) is 9.53. The molecule has 154 valence electrons. The topological polar surface area (TPSA) is 58.8 Å². The molecule has 1 aromatic rings. The second kappa shape index (κ2) is 11.2. The van der Waals surface area contributed by atoms with Crippen molar-refractivity contribution in [3.8, 4) is 0 Å². The smallest absolute Gasteiger partial charge is 0.242 e. The summed E-state index contributed by atoms with van der Waals surface area (Å²) in [5.74, 6) is 0.649. The third kappa shape index (κ3) is 6.33. The molecule has 27 heavy (non-hydrogen) atoms. The zero-order chi connectivity index (χ0) is 17.7.